The van der Waals surface area contributed by atoms with Gasteiger partial charge in [-0.2, -0.15) is 0 Å². The lowest BCUT2D eigenvalue weighted by molar-refractivity contribution is 0.0186. The Kier molecular flexibility index (Phi) is 11.1. The summed E-state index contributed by atoms with van der Waals surface area (Å²) in [4.78, 5) is 0. The van der Waals surface area contributed by atoms with E-state index in [0.717, 1.165) is 5.92 Å². The van der Waals surface area contributed by atoms with Gasteiger partial charge in [0.2, 0.25) is 0 Å². The molecular formula is C32H62. The molecular weight excluding hydrogens is 384 g/mol. The van der Waals surface area contributed by atoms with Crippen LogP contribution in [0.5, 0.6) is 0 Å². The summed E-state index contributed by atoms with van der Waals surface area (Å²) in [5, 5.41) is 0. The summed E-state index contributed by atoms with van der Waals surface area (Å²) in [7, 11) is 0. The standard InChI is InChI=1S/C32H62/c1-17-32(16,31(14,15)24(2)3)23-30(12,13)27(6)19-18-26(5)29(10,11)21-20-25(4)22-28(7,8)9/h17,20,24,26-27H,1,18-19,21-23H2,2-16H3. The molecule has 0 N–H and O–H groups in total. The molecule has 0 aromatic rings. The van der Waals surface area contributed by atoms with Crippen LogP contribution in [0.1, 0.15) is 136 Å². The lowest BCUT2D eigenvalue weighted by atomic mass is 9.54. The first-order valence-electron chi connectivity index (χ1n) is 13.4. The van der Waals surface area contributed by atoms with E-state index in [2.05, 4.69) is 123 Å². The van der Waals surface area contributed by atoms with Gasteiger partial charge in [-0.05, 0) is 83.9 Å². The maximum Gasteiger partial charge on any atom is -0.00905 e. The Balaban J connectivity index is 5.15. The van der Waals surface area contributed by atoms with Gasteiger partial charge in [-0.15, -0.1) is 6.58 Å². The molecule has 32 heavy (non-hydrogen) atoms. The van der Waals surface area contributed by atoms with E-state index >= 15 is 0 Å². The second kappa shape index (κ2) is 11.3. The van der Waals surface area contributed by atoms with E-state index in [-0.39, 0.29) is 10.8 Å². The Morgan fingerprint density at radius 3 is 1.56 bits per heavy atom. The normalized spacial score (nSPS) is 18.4. The van der Waals surface area contributed by atoms with Gasteiger partial charge in [-0.3, -0.25) is 0 Å². The van der Waals surface area contributed by atoms with Crippen molar-refractivity contribution in [2.24, 2.45) is 44.8 Å². The van der Waals surface area contributed by atoms with E-state index in [1.807, 2.05) is 0 Å². The molecule has 0 aromatic carbocycles. The van der Waals surface area contributed by atoms with Crippen LogP contribution in [0.25, 0.3) is 0 Å². The first-order chi connectivity index (χ1) is 14.1. The summed E-state index contributed by atoms with van der Waals surface area (Å²) in [5.74, 6) is 2.05. The molecule has 190 valence electrons. The van der Waals surface area contributed by atoms with E-state index in [0.29, 0.717) is 28.1 Å². The lowest BCUT2D eigenvalue weighted by Crippen LogP contribution is -2.42. The predicted octanol–water partition coefficient (Wildman–Crippen LogP) is 11.1. The van der Waals surface area contributed by atoms with Crippen LogP contribution in [-0.4, -0.2) is 0 Å². The van der Waals surface area contributed by atoms with Crippen molar-refractivity contribution in [3.63, 3.8) is 0 Å². The fourth-order valence-electron chi connectivity index (χ4n) is 5.17. The highest BCUT2D eigenvalue weighted by atomic mass is 14.5. The molecule has 0 aromatic heterocycles. The summed E-state index contributed by atoms with van der Waals surface area (Å²) >= 11 is 0. The zero-order valence-electron chi connectivity index (χ0n) is 25.1. The van der Waals surface area contributed by atoms with E-state index in [4.69, 9.17) is 0 Å². The Labute approximate surface area is 205 Å². The van der Waals surface area contributed by atoms with Gasteiger partial charge in [0.1, 0.15) is 0 Å². The van der Waals surface area contributed by atoms with Crippen LogP contribution in [0.4, 0.5) is 0 Å². The van der Waals surface area contributed by atoms with Crippen molar-refractivity contribution in [2.75, 3.05) is 0 Å². The van der Waals surface area contributed by atoms with E-state index in [1.165, 1.54) is 32.1 Å². The molecule has 3 unspecified atom stereocenters. The second-order valence-corrected chi connectivity index (χ2v) is 15.0. The molecule has 0 aliphatic heterocycles. The maximum atomic E-state index is 4.28. The third-order valence-electron chi connectivity index (χ3n) is 9.68. The molecule has 0 saturated carbocycles. The quantitative estimate of drug-likeness (QED) is 0.247. The van der Waals surface area contributed by atoms with E-state index in [9.17, 15) is 0 Å². The van der Waals surface area contributed by atoms with Crippen LogP contribution < -0.4 is 0 Å². The predicted molar refractivity (Wildman–Crippen MR) is 149 cm³/mol. The van der Waals surface area contributed by atoms with Crippen molar-refractivity contribution in [3.8, 4) is 0 Å². The van der Waals surface area contributed by atoms with Gasteiger partial charge in [0, 0.05) is 0 Å². The first-order valence-corrected chi connectivity index (χ1v) is 13.4. The number of hydrogen-bond donors (Lipinski definition) is 0. The zero-order chi connectivity index (χ0) is 25.8. The Bertz CT molecular complexity index is 604. The van der Waals surface area contributed by atoms with Crippen molar-refractivity contribution < 1.29 is 0 Å². The maximum absolute atomic E-state index is 4.28. The van der Waals surface area contributed by atoms with Crippen LogP contribution in [0.15, 0.2) is 24.3 Å². The first kappa shape index (κ1) is 31.5. The largest absolute Gasteiger partial charge is 0.103 e. The van der Waals surface area contributed by atoms with Crippen LogP contribution >= 0.6 is 0 Å². The van der Waals surface area contributed by atoms with Crippen LogP contribution in [0, 0.1) is 44.8 Å². The van der Waals surface area contributed by atoms with Gasteiger partial charge in [0.05, 0.1) is 0 Å². The van der Waals surface area contributed by atoms with Gasteiger partial charge in [-0.1, -0.05) is 115 Å². The Morgan fingerprint density at radius 1 is 0.750 bits per heavy atom. The van der Waals surface area contributed by atoms with Crippen LogP contribution in [-0.2, 0) is 0 Å². The number of hydrogen-bond acceptors (Lipinski definition) is 0. The van der Waals surface area contributed by atoms with Crippen molar-refractivity contribution >= 4 is 0 Å². The monoisotopic (exact) mass is 446 g/mol. The fourth-order valence-corrected chi connectivity index (χ4v) is 5.17. The smallest absolute Gasteiger partial charge is 0.00905 e. The third kappa shape index (κ3) is 9.02. The molecule has 0 spiro atoms. The summed E-state index contributed by atoms with van der Waals surface area (Å²) in [6.07, 6.45) is 10.9. The van der Waals surface area contributed by atoms with Crippen molar-refractivity contribution in [1.29, 1.82) is 0 Å². The van der Waals surface area contributed by atoms with E-state index < -0.39 is 0 Å². The molecule has 0 saturated heterocycles. The summed E-state index contributed by atoms with van der Waals surface area (Å²) < 4.78 is 0. The van der Waals surface area contributed by atoms with Crippen molar-refractivity contribution in [1.82, 2.24) is 0 Å². The third-order valence-corrected chi connectivity index (χ3v) is 9.68. The zero-order valence-corrected chi connectivity index (χ0v) is 25.1. The lowest BCUT2D eigenvalue weighted by Gasteiger charge is -2.50. The highest BCUT2D eigenvalue weighted by Crippen LogP contribution is 2.53. The molecule has 0 heteroatoms. The minimum absolute atomic E-state index is 0.138. The van der Waals surface area contributed by atoms with Crippen LogP contribution in [0.3, 0.4) is 0 Å². The molecule has 3 atom stereocenters. The summed E-state index contributed by atoms with van der Waals surface area (Å²) in [6, 6.07) is 0. The minimum atomic E-state index is 0.138. The van der Waals surface area contributed by atoms with Crippen molar-refractivity contribution in [2.45, 2.75) is 136 Å². The minimum Gasteiger partial charge on any atom is -0.103 e. The average molecular weight is 447 g/mol. The average Bonchev–Trinajstić information content (AvgIpc) is 2.61. The molecule has 0 aliphatic carbocycles. The van der Waals surface area contributed by atoms with Gasteiger partial charge < -0.3 is 0 Å². The second-order valence-electron chi connectivity index (χ2n) is 15.0. The molecule has 0 amide bonds. The highest BCUT2D eigenvalue weighted by Gasteiger charge is 2.45. The molecule has 0 bridgehead atoms. The fraction of sp³-hybridized carbons (Fsp3) is 0.875. The molecule has 0 nitrogen and oxygen atoms in total. The topological polar surface area (TPSA) is 0 Å². The van der Waals surface area contributed by atoms with Gasteiger partial charge >= 0.3 is 0 Å². The number of allylic oxidation sites excluding steroid dienone is 3. The van der Waals surface area contributed by atoms with Gasteiger partial charge in [-0.25, -0.2) is 0 Å². The molecule has 0 rings (SSSR count). The summed E-state index contributed by atoms with van der Waals surface area (Å²) in [5.41, 5.74) is 2.93. The Morgan fingerprint density at radius 2 is 1.19 bits per heavy atom. The Hall–Kier alpha value is -0.520. The molecule has 0 heterocycles. The van der Waals surface area contributed by atoms with Gasteiger partial charge in [0.15, 0.2) is 0 Å². The molecule has 0 aliphatic rings. The SMILES string of the molecule is C=CC(C)(CC(C)(C)C(C)CCC(C)C(C)(C)CC=C(C)CC(C)(C)C)C(C)(C)C(C)C. The van der Waals surface area contributed by atoms with E-state index in [1.54, 1.807) is 5.57 Å². The number of rotatable bonds is 13. The highest BCUT2D eigenvalue weighted by molar-refractivity contribution is 5.05. The van der Waals surface area contributed by atoms with Gasteiger partial charge in [0.25, 0.3) is 0 Å². The molecule has 0 radical (unpaired) electrons. The molecule has 0 fully saturated rings. The summed E-state index contributed by atoms with van der Waals surface area (Å²) in [6.45, 7) is 40.5. The van der Waals surface area contributed by atoms with Crippen molar-refractivity contribution in [3.05, 3.63) is 24.3 Å². The van der Waals surface area contributed by atoms with Crippen LogP contribution in [0.2, 0.25) is 0 Å².